The van der Waals surface area contributed by atoms with Gasteiger partial charge in [0.15, 0.2) is 0 Å². The Bertz CT molecular complexity index is 225. The van der Waals surface area contributed by atoms with Crippen LogP contribution in [0.5, 0.6) is 0 Å². The van der Waals surface area contributed by atoms with Crippen LogP contribution in [0, 0.1) is 0 Å². The average molecular weight is 222 g/mol. The van der Waals surface area contributed by atoms with Gasteiger partial charge in [0.1, 0.15) is 6.61 Å². The van der Waals surface area contributed by atoms with Crippen LogP contribution >= 0.6 is 0 Å². The van der Waals surface area contributed by atoms with Crippen LogP contribution in [0.25, 0.3) is 0 Å². The fraction of sp³-hybridized carbons (Fsp3) is 0.500. The van der Waals surface area contributed by atoms with E-state index in [9.17, 15) is 31.1 Å². The van der Waals surface area contributed by atoms with Crippen LogP contribution in [0.3, 0.4) is 0 Å². The monoisotopic (exact) mass is 222 g/mol. The Balaban J connectivity index is 3.88. The zero-order chi connectivity index (χ0) is 11.4. The number of carbonyl (C=O) groups is 1. The maximum Gasteiger partial charge on any atom is 0.490 e. The van der Waals surface area contributed by atoms with Crippen molar-refractivity contribution in [3.05, 3.63) is 12.2 Å². The lowest BCUT2D eigenvalue weighted by atomic mass is 10.5. The van der Waals surface area contributed by atoms with Gasteiger partial charge in [0.25, 0.3) is 0 Å². The van der Waals surface area contributed by atoms with Gasteiger partial charge >= 0.3 is 18.3 Å². The highest BCUT2D eigenvalue weighted by Gasteiger charge is 2.40. The molecule has 0 aliphatic heterocycles. The van der Waals surface area contributed by atoms with E-state index in [1.165, 1.54) is 0 Å². The average Bonchev–Trinajstić information content (AvgIpc) is 1.93. The quantitative estimate of drug-likeness (QED) is 0.406. The second-order valence-corrected chi connectivity index (χ2v) is 2.04. The highest BCUT2D eigenvalue weighted by atomic mass is 19.4. The summed E-state index contributed by atoms with van der Waals surface area (Å²) in [5.74, 6) is -2.52. The molecule has 2 nitrogen and oxygen atoms in total. The van der Waals surface area contributed by atoms with Gasteiger partial charge < -0.3 is 4.74 Å². The molecule has 14 heavy (non-hydrogen) atoms. The fourth-order valence-electron chi connectivity index (χ4n) is 0.387. The summed E-state index contributed by atoms with van der Waals surface area (Å²) in [4.78, 5) is 9.93. The summed E-state index contributed by atoms with van der Waals surface area (Å²) < 4.78 is 71.7. The molecular weight excluding hydrogens is 218 g/mol. The van der Waals surface area contributed by atoms with Crippen LogP contribution in [0.15, 0.2) is 12.2 Å². The number of hydrogen-bond acceptors (Lipinski definition) is 2. The highest BCUT2D eigenvalue weighted by molar-refractivity contribution is 5.75. The minimum Gasteiger partial charge on any atom is -0.455 e. The largest absolute Gasteiger partial charge is 0.490 e. The Hall–Kier alpha value is -1.21. The molecule has 0 aromatic rings. The maximum absolute atomic E-state index is 11.4. The number of hydrogen-bond donors (Lipinski definition) is 0. The van der Waals surface area contributed by atoms with Crippen molar-refractivity contribution in [2.75, 3.05) is 6.61 Å². The third kappa shape index (κ3) is 6.32. The predicted molar refractivity (Wildman–Crippen MR) is 32.2 cm³/mol. The van der Waals surface area contributed by atoms with Gasteiger partial charge in [-0.15, -0.1) is 0 Å². The minimum atomic E-state index is -5.19. The Morgan fingerprint density at radius 3 is 2.00 bits per heavy atom. The lowest BCUT2D eigenvalue weighted by Crippen LogP contribution is -2.25. The van der Waals surface area contributed by atoms with Gasteiger partial charge in [-0.25, -0.2) is 4.79 Å². The summed E-state index contributed by atoms with van der Waals surface area (Å²) in [7, 11) is 0. The van der Waals surface area contributed by atoms with Crippen LogP contribution in [0.2, 0.25) is 0 Å². The summed E-state index contributed by atoms with van der Waals surface area (Å²) in [6, 6.07) is 0. The first kappa shape index (κ1) is 12.8. The zero-order valence-corrected chi connectivity index (χ0v) is 6.45. The Labute approximate surface area is 74.1 Å². The Kier molecular flexibility index (Phi) is 3.96. The number of halogens is 6. The summed E-state index contributed by atoms with van der Waals surface area (Å²) in [6.45, 7) is -1.07. The fourth-order valence-corrected chi connectivity index (χ4v) is 0.387. The van der Waals surface area contributed by atoms with Gasteiger partial charge in [0, 0.05) is 6.08 Å². The van der Waals surface area contributed by atoms with E-state index in [1.807, 2.05) is 0 Å². The molecule has 0 spiro atoms. The van der Waals surface area contributed by atoms with E-state index in [4.69, 9.17) is 0 Å². The van der Waals surface area contributed by atoms with Crippen LogP contribution in [-0.4, -0.2) is 24.9 Å². The molecule has 0 saturated heterocycles. The molecule has 0 N–H and O–H groups in total. The van der Waals surface area contributed by atoms with Gasteiger partial charge in [-0.05, 0) is 6.08 Å². The van der Waals surface area contributed by atoms with E-state index in [-0.39, 0.29) is 12.2 Å². The molecule has 0 bridgehead atoms. The molecule has 0 amide bonds. The van der Waals surface area contributed by atoms with Crippen molar-refractivity contribution in [3.63, 3.8) is 0 Å². The lowest BCUT2D eigenvalue weighted by molar-refractivity contribution is -0.198. The molecule has 0 aliphatic carbocycles. The third-order valence-electron chi connectivity index (χ3n) is 0.849. The van der Waals surface area contributed by atoms with E-state index in [0.717, 1.165) is 0 Å². The van der Waals surface area contributed by atoms with Gasteiger partial charge in [-0.1, -0.05) is 0 Å². The van der Waals surface area contributed by atoms with E-state index >= 15 is 0 Å². The third-order valence-corrected chi connectivity index (χ3v) is 0.849. The Morgan fingerprint density at radius 2 is 1.64 bits per heavy atom. The van der Waals surface area contributed by atoms with Crippen LogP contribution in [0.4, 0.5) is 26.3 Å². The van der Waals surface area contributed by atoms with E-state index in [2.05, 4.69) is 4.74 Å². The van der Waals surface area contributed by atoms with Crippen molar-refractivity contribution in [2.45, 2.75) is 12.4 Å². The molecule has 82 valence electrons. The number of allylic oxidation sites excluding steroid dienone is 1. The smallest absolute Gasteiger partial charge is 0.455 e. The summed E-state index contributed by atoms with van der Waals surface area (Å²) >= 11 is 0. The molecule has 0 fully saturated rings. The second kappa shape index (κ2) is 4.34. The van der Waals surface area contributed by atoms with Crippen molar-refractivity contribution in [2.24, 2.45) is 0 Å². The van der Waals surface area contributed by atoms with E-state index in [0.29, 0.717) is 0 Å². The SMILES string of the molecule is O=C(OC/C=C/C(F)(F)F)C(F)(F)F. The summed E-state index contributed by atoms with van der Waals surface area (Å²) in [5.41, 5.74) is 0. The van der Waals surface area contributed by atoms with Crippen LogP contribution in [0.1, 0.15) is 0 Å². The van der Waals surface area contributed by atoms with E-state index < -0.39 is 24.9 Å². The predicted octanol–water partition coefficient (Wildman–Crippen LogP) is 2.21. The first-order valence-electron chi connectivity index (χ1n) is 3.11. The first-order valence-corrected chi connectivity index (χ1v) is 3.11. The molecule has 0 aliphatic rings. The number of ether oxygens (including phenoxy) is 1. The van der Waals surface area contributed by atoms with Gasteiger partial charge in [-0.2, -0.15) is 26.3 Å². The minimum absolute atomic E-state index is 0.267. The van der Waals surface area contributed by atoms with Crippen LogP contribution in [-0.2, 0) is 9.53 Å². The first-order chi connectivity index (χ1) is 6.13. The lowest BCUT2D eigenvalue weighted by Gasteiger charge is -2.04. The normalized spacial score (nSPS) is 13.3. The van der Waals surface area contributed by atoms with Crippen molar-refractivity contribution < 1.29 is 35.9 Å². The molecule has 0 heterocycles. The number of carbonyl (C=O) groups excluding carboxylic acids is 1. The van der Waals surface area contributed by atoms with E-state index in [1.54, 1.807) is 0 Å². The van der Waals surface area contributed by atoms with Gasteiger partial charge in [0.05, 0.1) is 0 Å². The number of rotatable bonds is 2. The van der Waals surface area contributed by atoms with Gasteiger partial charge in [0.2, 0.25) is 0 Å². The summed E-state index contributed by atoms with van der Waals surface area (Å²) in [5, 5.41) is 0. The van der Waals surface area contributed by atoms with Gasteiger partial charge in [-0.3, -0.25) is 0 Å². The molecular formula is C6H4F6O2. The molecule has 0 atom stereocenters. The topological polar surface area (TPSA) is 26.3 Å². The maximum atomic E-state index is 11.4. The molecule has 0 aromatic carbocycles. The molecule has 0 rings (SSSR count). The highest BCUT2D eigenvalue weighted by Crippen LogP contribution is 2.17. The molecule has 0 unspecified atom stereocenters. The Morgan fingerprint density at radius 1 is 1.14 bits per heavy atom. The molecule has 0 aromatic heterocycles. The zero-order valence-electron chi connectivity index (χ0n) is 6.45. The molecule has 0 saturated carbocycles. The number of alkyl halides is 6. The van der Waals surface area contributed by atoms with Crippen LogP contribution < -0.4 is 0 Å². The van der Waals surface area contributed by atoms with Crippen molar-refractivity contribution in [1.29, 1.82) is 0 Å². The molecule has 8 heteroatoms. The van der Waals surface area contributed by atoms with Crippen molar-refractivity contribution in [3.8, 4) is 0 Å². The number of esters is 1. The van der Waals surface area contributed by atoms with Crippen molar-refractivity contribution in [1.82, 2.24) is 0 Å². The summed E-state index contributed by atoms with van der Waals surface area (Å²) in [6.07, 6.45) is -9.88. The second-order valence-electron chi connectivity index (χ2n) is 2.04. The van der Waals surface area contributed by atoms with Crippen molar-refractivity contribution >= 4 is 5.97 Å². The molecule has 0 radical (unpaired) electrons. The standard InChI is InChI=1S/C6H4F6O2/c7-5(8,9)2-1-3-14-4(13)6(10,11)12/h1-2H,3H2/b2-1+.